The maximum Gasteiger partial charge on any atom is 0.126 e. The zero-order valence-electron chi connectivity index (χ0n) is 8.59. The van der Waals surface area contributed by atoms with Crippen LogP contribution in [-0.4, -0.2) is 24.8 Å². The summed E-state index contributed by atoms with van der Waals surface area (Å²) in [7, 11) is 0. The fourth-order valence-electron chi connectivity index (χ4n) is 1.84. The van der Waals surface area contributed by atoms with Gasteiger partial charge in [-0.1, -0.05) is 0 Å². The van der Waals surface area contributed by atoms with E-state index in [0.29, 0.717) is 24.3 Å². The van der Waals surface area contributed by atoms with Crippen LogP contribution in [0.2, 0.25) is 0 Å². The van der Waals surface area contributed by atoms with Gasteiger partial charge in [0.2, 0.25) is 0 Å². The second-order valence-electron chi connectivity index (χ2n) is 3.67. The Bertz CT molecular complexity index is 362. The quantitative estimate of drug-likeness (QED) is 0.739. The maximum atomic E-state index is 13.3. The van der Waals surface area contributed by atoms with E-state index in [4.69, 9.17) is 4.74 Å². The van der Waals surface area contributed by atoms with E-state index in [1.165, 1.54) is 12.1 Å². The first-order valence-corrected chi connectivity index (χ1v) is 5.00. The first kappa shape index (κ1) is 10.4. The molecule has 1 aliphatic heterocycles. The van der Waals surface area contributed by atoms with E-state index in [1.54, 1.807) is 6.92 Å². The van der Waals surface area contributed by atoms with Crippen molar-refractivity contribution in [3.05, 3.63) is 29.1 Å². The number of phenols is 1. The van der Waals surface area contributed by atoms with Crippen LogP contribution in [0.25, 0.3) is 0 Å². The minimum Gasteiger partial charge on any atom is -0.508 e. The largest absolute Gasteiger partial charge is 0.508 e. The first-order chi connectivity index (χ1) is 7.20. The third-order valence-electron chi connectivity index (χ3n) is 2.68. The van der Waals surface area contributed by atoms with Crippen LogP contribution >= 0.6 is 0 Å². The van der Waals surface area contributed by atoms with Gasteiger partial charge in [-0.05, 0) is 24.6 Å². The molecular formula is C11H14FNO2. The molecular weight excluding hydrogens is 197 g/mol. The number of hydrogen-bond acceptors (Lipinski definition) is 3. The van der Waals surface area contributed by atoms with E-state index in [0.717, 1.165) is 6.54 Å². The summed E-state index contributed by atoms with van der Waals surface area (Å²) in [5, 5.41) is 12.8. The summed E-state index contributed by atoms with van der Waals surface area (Å²) in [6.45, 7) is 3.64. The lowest BCUT2D eigenvalue weighted by Gasteiger charge is -2.25. The van der Waals surface area contributed by atoms with Crippen molar-refractivity contribution < 1.29 is 14.2 Å². The van der Waals surface area contributed by atoms with Gasteiger partial charge in [-0.3, -0.25) is 0 Å². The third kappa shape index (κ3) is 1.96. The molecule has 1 aromatic rings. The third-order valence-corrected chi connectivity index (χ3v) is 2.68. The number of hydrogen-bond donors (Lipinski definition) is 2. The fraction of sp³-hybridized carbons (Fsp3) is 0.455. The van der Waals surface area contributed by atoms with Crippen LogP contribution in [0.15, 0.2) is 12.1 Å². The van der Waals surface area contributed by atoms with Crippen molar-refractivity contribution in [3.8, 4) is 5.75 Å². The Balaban J connectivity index is 2.36. The van der Waals surface area contributed by atoms with E-state index in [1.807, 2.05) is 0 Å². The van der Waals surface area contributed by atoms with Crippen molar-refractivity contribution in [2.24, 2.45) is 0 Å². The van der Waals surface area contributed by atoms with Gasteiger partial charge in [-0.25, -0.2) is 4.39 Å². The Kier molecular flexibility index (Phi) is 2.88. The molecule has 1 fully saturated rings. The van der Waals surface area contributed by atoms with E-state index in [2.05, 4.69) is 5.32 Å². The lowest BCUT2D eigenvalue weighted by Crippen LogP contribution is -2.33. The van der Waals surface area contributed by atoms with Crippen molar-refractivity contribution in [1.29, 1.82) is 0 Å². The summed E-state index contributed by atoms with van der Waals surface area (Å²) in [4.78, 5) is 0. The highest BCUT2D eigenvalue weighted by Gasteiger charge is 2.22. The molecule has 1 aliphatic rings. The molecule has 4 heteroatoms. The van der Waals surface area contributed by atoms with Crippen LogP contribution in [0, 0.1) is 12.7 Å². The molecule has 0 bridgehead atoms. The predicted molar refractivity (Wildman–Crippen MR) is 54.4 cm³/mol. The number of aromatic hydroxyl groups is 1. The molecule has 1 aromatic carbocycles. The van der Waals surface area contributed by atoms with Gasteiger partial charge in [0, 0.05) is 18.7 Å². The van der Waals surface area contributed by atoms with Crippen LogP contribution in [0.1, 0.15) is 17.2 Å². The van der Waals surface area contributed by atoms with Crippen molar-refractivity contribution in [2.45, 2.75) is 13.0 Å². The molecule has 1 unspecified atom stereocenters. The topological polar surface area (TPSA) is 41.5 Å². The van der Waals surface area contributed by atoms with Crippen molar-refractivity contribution in [2.75, 3.05) is 19.7 Å². The average Bonchev–Trinajstić information content (AvgIpc) is 2.26. The molecule has 15 heavy (non-hydrogen) atoms. The normalized spacial score (nSPS) is 21.6. The number of halogens is 1. The van der Waals surface area contributed by atoms with Crippen molar-refractivity contribution in [3.63, 3.8) is 0 Å². The minimum atomic E-state index is -0.308. The Morgan fingerprint density at radius 3 is 3.00 bits per heavy atom. The highest BCUT2D eigenvalue weighted by Crippen LogP contribution is 2.31. The number of rotatable bonds is 1. The molecule has 1 atom stereocenters. The fourth-order valence-corrected chi connectivity index (χ4v) is 1.84. The highest BCUT2D eigenvalue weighted by atomic mass is 19.1. The molecule has 0 spiro atoms. The summed E-state index contributed by atoms with van der Waals surface area (Å²) in [6, 6.07) is 2.64. The van der Waals surface area contributed by atoms with Crippen molar-refractivity contribution >= 4 is 0 Å². The second-order valence-corrected chi connectivity index (χ2v) is 3.67. The van der Waals surface area contributed by atoms with Gasteiger partial charge in [0.1, 0.15) is 11.6 Å². The Morgan fingerprint density at radius 2 is 2.33 bits per heavy atom. The van der Waals surface area contributed by atoms with Crippen LogP contribution in [-0.2, 0) is 4.74 Å². The second kappa shape index (κ2) is 4.16. The van der Waals surface area contributed by atoms with Crippen LogP contribution < -0.4 is 5.32 Å². The molecule has 2 rings (SSSR count). The van der Waals surface area contributed by atoms with Gasteiger partial charge in [-0.15, -0.1) is 0 Å². The smallest absolute Gasteiger partial charge is 0.126 e. The van der Waals surface area contributed by atoms with Crippen LogP contribution in [0.3, 0.4) is 0 Å². The van der Waals surface area contributed by atoms with Crippen LogP contribution in [0.4, 0.5) is 4.39 Å². The van der Waals surface area contributed by atoms with E-state index >= 15 is 0 Å². The molecule has 2 N–H and O–H groups in total. The Hall–Kier alpha value is -1.13. The van der Waals surface area contributed by atoms with Gasteiger partial charge in [0.25, 0.3) is 0 Å². The van der Waals surface area contributed by atoms with Gasteiger partial charge >= 0.3 is 0 Å². The standard InChI is InChI=1S/C11H14FNO2/c1-7-8(12)2-3-9(14)11(7)10-6-13-4-5-15-10/h2-3,10,13-14H,4-6H2,1H3. The molecule has 0 amide bonds. The summed E-state index contributed by atoms with van der Waals surface area (Å²) >= 11 is 0. The molecule has 0 radical (unpaired) electrons. The minimum absolute atomic E-state index is 0.0996. The van der Waals surface area contributed by atoms with Gasteiger partial charge in [-0.2, -0.15) is 0 Å². The summed E-state index contributed by atoms with van der Waals surface area (Å²) in [5.41, 5.74) is 1.02. The number of phenolic OH excluding ortho intramolecular Hbond substituents is 1. The van der Waals surface area contributed by atoms with E-state index in [-0.39, 0.29) is 17.7 Å². The van der Waals surface area contributed by atoms with Crippen molar-refractivity contribution in [1.82, 2.24) is 5.32 Å². The molecule has 1 saturated heterocycles. The summed E-state index contributed by atoms with van der Waals surface area (Å²) in [5.74, 6) is -0.209. The number of nitrogens with one attached hydrogen (secondary N) is 1. The number of ether oxygens (including phenoxy) is 1. The monoisotopic (exact) mass is 211 g/mol. The van der Waals surface area contributed by atoms with E-state index < -0.39 is 0 Å². The maximum absolute atomic E-state index is 13.3. The lowest BCUT2D eigenvalue weighted by atomic mass is 10.0. The van der Waals surface area contributed by atoms with Gasteiger partial charge in [0.15, 0.2) is 0 Å². The Labute approximate surface area is 87.9 Å². The Morgan fingerprint density at radius 1 is 1.53 bits per heavy atom. The average molecular weight is 211 g/mol. The SMILES string of the molecule is Cc1c(F)ccc(O)c1C1CNCCO1. The summed E-state index contributed by atoms with van der Waals surface area (Å²) in [6.07, 6.45) is -0.255. The number of benzene rings is 1. The molecule has 0 aliphatic carbocycles. The molecule has 0 aromatic heterocycles. The molecule has 1 heterocycles. The lowest BCUT2D eigenvalue weighted by molar-refractivity contribution is 0.0257. The predicted octanol–water partition coefficient (Wildman–Crippen LogP) is 1.50. The molecule has 0 saturated carbocycles. The number of morpholine rings is 1. The van der Waals surface area contributed by atoms with E-state index in [9.17, 15) is 9.50 Å². The zero-order chi connectivity index (χ0) is 10.8. The van der Waals surface area contributed by atoms with Gasteiger partial charge < -0.3 is 15.2 Å². The van der Waals surface area contributed by atoms with Gasteiger partial charge in [0.05, 0.1) is 12.7 Å². The summed E-state index contributed by atoms with van der Waals surface area (Å²) < 4.78 is 18.8. The molecule has 3 nitrogen and oxygen atoms in total. The highest BCUT2D eigenvalue weighted by molar-refractivity contribution is 5.41. The molecule has 82 valence electrons. The van der Waals surface area contributed by atoms with Crippen LogP contribution in [0.5, 0.6) is 5.75 Å². The zero-order valence-corrected chi connectivity index (χ0v) is 8.59. The first-order valence-electron chi connectivity index (χ1n) is 5.00.